The van der Waals surface area contributed by atoms with E-state index in [9.17, 15) is 25.9 Å². The largest absolute Gasteiger partial charge is 0.748 e. The Bertz CT molecular complexity index is 1610. The molecule has 0 bridgehead atoms. The van der Waals surface area contributed by atoms with Crippen LogP contribution >= 0.6 is 23.1 Å². The van der Waals surface area contributed by atoms with Gasteiger partial charge in [0.05, 0.1) is 78.3 Å². The first-order valence-corrected chi connectivity index (χ1v) is 18.2. The fourth-order valence-corrected chi connectivity index (χ4v) is 7.45. The van der Waals surface area contributed by atoms with Gasteiger partial charge in [-0.2, -0.15) is 4.57 Å². The topological polar surface area (TPSA) is 144 Å². The summed E-state index contributed by atoms with van der Waals surface area (Å²) in [6, 6.07) is 10.8. The lowest BCUT2D eigenvalue weighted by molar-refractivity contribution is -0.894. The number of thioether (sulfide) groups is 1. The van der Waals surface area contributed by atoms with E-state index >= 15 is 0 Å². The molecule has 42 heavy (non-hydrogen) atoms. The average Bonchev–Trinajstić information content (AvgIpc) is 3.46. The van der Waals surface area contributed by atoms with Crippen molar-refractivity contribution < 1.29 is 44.9 Å². The van der Waals surface area contributed by atoms with Crippen LogP contribution in [-0.4, -0.2) is 77.8 Å². The van der Waals surface area contributed by atoms with Crippen LogP contribution in [0.4, 0.5) is 5.69 Å². The van der Waals surface area contributed by atoms with Crippen LogP contribution in [0.2, 0.25) is 0 Å². The molecule has 3 aromatic rings. The monoisotopic (exact) mass is 659 g/mol. The fourth-order valence-electron chi connectivity index (χ4n) is 4.35. The van der Waals surface area contributed by atoms with Crippen molar-refractivity contribution in [2.45, 2.75) is 32.2 Å². The molecule has 1 aliphatic rings. The molecule has 2 aromatic carbocycles. The van der Waals surface area contributed by atoms with Gasteiger partial charge < -0.3 is 28.4 Å². The number of hydrogen-bond acceptors (Lipinski definition) is 11. The Morgan fingerprint density at radius 2 is 1.50 bits per heavy atom. The van der Waals surface area contributed by atoms with E-state index in [-0.39, 0.29) is 13.1 Å². The predicted molar refractivity (Wildman–Crippen MR) is 164 cm³/mol. The minimum atomic E-state index is -4.46. The molecule has 0 saturated carbocycles. The zero-order valence-corrected chi connectivity index (χ0v) is 27.6. The van der Waals surface area contributed by atoms with Crippen molar-refractivity contribution >= 4 is 65.3 Å². The zero-order chi connectivity index (χ0) is 31.1. The summed E-state index contributed by atoms with van der Waals surface area (Å²) in [5, 5.41) is 1.29. The highest BCUT2D eigenvalue weighted by atomic mass is 32.2. The molecule has 0 fully saturated rings. The van der Waals surface area contributed by atoms with E-state index in [4.69, 9.17) is 9.47 Å². The molecule has 0 spiro atoms. The third kappa shape index (κ3) is 9.30. The molecule has 1 aromatic heterocycles. The first-order chi connectivity index (χ1) is 19.8. The molecule has 4 rings (SSSR count). The number of aromatic nitrogens is 1. The molecule has 0 atom stereocenters. The standard InChI is InChI=1S/C21H22N2O8S4.C6H15N/c1-30-14-3-5-18-16(11-14)22(7-9-34(24,25)26)20(32-18)13-21-23(8-10-35(27,28)29)17-12-15(31-2)4-6-19(17)33-21;1-4-7(5-2)6-3/h3-6,11-13H,7-10H2,1-2H3,(H-,24,25,26,27,28,29);4-6H2,1-3H3. The van der Waals surface area contributed by atoms with Crippen molar-refractivity contribution in [2.75, 3.05) is 56.8 Å². The Kier molecular flexibility index (Phi) is 12.1. The second kappa shape index (κ2) is 14.9. The van der Waals surface area contributed by atoms with Gasteiger partial charge in [0.15, 0.2) is 6.54 Å². The van der Waals surface area contributed by atoms with Crippen molar-refractivity contribution in [3.05, 3.63) is 46.4 Å². The van der Waals surface area contributed by atoms with E-state index in [1.165, 1.54) is 57.0 Å². The van der Waals surface area contributed by atoms with Gasteiger partial charge >= 0.3 is 0 Å². The fraction of sp³-hybridized carbons (Fsp3) is 0.444. The summed E-state index contributed by atoms with van der Waals surface area (Å²) in [4.78, 5) is 4.24. The molecule has 0 unspecified atom stereocenters. The number of rotatable bonds is 12. The third-order valence-corrected chi connectivity index (χ3v) is 10.3. The van der Waals surface area contributed by atoms with Gasteiger partial charge in [-0.15, -0.1) is 0 Å². The maximum Gasteiger partial charge on any atom is 0.265 e. The van der Waals surface area contributed by atoms with Gasteiger partial charge in [-0.1, -0.05) is 23.1 Å². The number of methoxy groups -OCH3 is 2. The van der Waals surface area contributed by atoms with E-state index in [1.54, 1.807) is 44.7 Å². The Morgan fingerprint density at radius 3 is 2.05 bits per heavy atom. The SMILES string of the molecule is CC[NH+](CC)CC.COc1ccc2c(c1)N(CCS(=O)(=O)[O-])/C(=C\c1sc3ccc(OC)cc3[n+]1CCS(=O)(=O)[O-])S2. The lowest BCUT2D eigenvalue weighted by atomic mass is 10.2. The van der Waals surface area contributed by atoms with Gasteiger partial charge in [-0.25, -0.2) is 16.8 Å². The summed E-state index contributed by atoms with van der Waals surface area (Å²) in [6.45, 7) is 10.3. The van der Waals surface area contributed by atoms with Crippen LogP contribution in [0.15, 0.2) is 46.3 Å². The van der Waals surface area contributed by atoms with Crippen LogP contribution < -0.4 is 23.8 Å². The number of nitrogens with one attached hydrogen (secondary N) is 1. The third-order valence-electron chi connectivity index (χ3n) is 6.75. The Labute approximate surface area is 256 Å². The highest BCUT2D eigenvalue weighted by molar-refractivity contribution is 8.04. The van der Waals surface area contributed by atoms with Gasteiger partial charge in [-0.3, -0.25) is 0 Å². The van der Waals surface area contributed by atoms with E-state index < -0.39 is 31.7 Å². The van der Waals surface area contributed by atoms with Crippen LogP contribution in [0.25, 0.3) is 16.3 Å². The number of hydrogen-bond donors (Lipinski definition) is 1. The van der Waals surface area contributed by atoms with Crippen LogP contribution in [0, 0.1) is 0 Å². The number of fused-ring (bicyclic) bond motifs is 2. The van der Waals surface area contributed by atoms with Gasteiger partial charge in [0.2, 0.25) is 5.52 Å². The molecule has 0 radical (unpaired) electrons. The number of nitrogens with zero attached hydrogens (tertiary/aromatic N) is 2. The van der Waals surface area contributed by atoms with Gasteiger partial charge in [0, 0.05) is 17.5 Å². The minimum absolute atomic E-state index is 0.0709. The maximum atomic E-state index is 11.4. The molecule has 0 saturated heterocycles. The van der Waals surface area contributed by atoms with E-state index in [0.717, 1.165) is 9.60 Å². The normalized spacial score (nSPS) is 14.3. The van der Waals surface area contributed by atoms with Crippen LogP contribution in [0.5, 0.6) is 11.5 Å². The molecule has 232 valence electrons. The Hall–Kier alpha value is -2.40. The number of aryl methyl sites for hydroxylation is 1. The zero-order valence-electron chi connectivity index (χ0n) is 24.3. The molecule has 11 nitrogen and oxygen atoms in total. The molecule has 0 aliphatic carbocycles. The smallest absolute Gasteiger partial charge is 0.265 e. The van der Waals surface area contributed by atoms with Crippen molar-refractivity contribution in [2.24, 2.45) is 0 Å². The lowest BCUT2D eigenvalue weighted by Crippen LogP contribution is -3.11. The Balaban J connectivity index is 0.000000616. The highest BCUT2D eigenvalue weighted by Gasteiger charge is 2.29. The molecule has 1 N–H and O–H groups in total. The first-order valence-electron chi connectivity index (χ1n) is 13.4. The van der Waals surface area contributed by atoms with E-state index in [1.807, 2.05) is 12.1 Å². The lowest BCUT2D eigenvalue weighted by Gasteiger charge is -2.21. The molecular weight excluding hydrogens is 623 g/mol. The summed E-state index contributed by atoms with van der Waals surface area (Å²) in [6.07, 6.45) is 1.79. The summed E-state index contributed by atoms with van der Waals surface area (Å²) in [5.74, 6) is -0.0466. The number of anilines is 1. The molecule has 2 heterocycles. The molecular formula is C27H37N3O8S4. The first kappa shape index (κ1) is 34.1. The summed E-state index contributed by atoms with van der Waals surface area (Å²) < 4.78 is 81.3. The summed E-state index contributed by atoms with van der Waals surface area (Å²) in [7, 11) is -5.89. The predicted octanol–water partition coefficient (Wildman–Crippen LogP) is 2.14. The maximum absolute atomic E-state index is 11.4. The number of quaternary nitrogens is 1. The minimum Gasteiger partial charge on any atom is -0.748 e. The van der Waals surface area contributed by atoms with Crippen LogP contribution in [0.1, 0.15) is 25.8 Å². The number of benzene rings is 2. The highest BCUT2D eigenvalue weighted by Crippen LogP contribution is 2.48. The van der Waals surface area contributed by atoms with E-state index in [0.29, 0.717) is 32.7 Å². The quantitative estimate of drug-likeness (QED) is 0.227. The molecule has 0 amide bonds. The van der Waals surface area contributed by atoms with Crippen LogP contribution in [-0.2, 0) is 26.8 Å². The van der Waals surface area contributed by atoms with Crippen LogP contribution in [0.3, 0.4) is 0 Å². The average molecular weight is 660 g/mol. The second-order valence-corrected chi connectivity index (χ2v) is 14.5. The summed E-state index contributed by atoms with van der Waals surface area (Å²) in [5.41, 5.74) is 1.39. The van der Waals surface area contributed by atoms with Crippen molar-refractivity contribution in [3.8, 4) is 11.5 Å². The van der Waals surface area contributed by atoms with E-state index in [2.05, 4.69) is 20.8 Å². The van der Waals surface area contributed by atoms with Gasteiger partial charge in [0.1, 0.15) is 26.3 Å². The van der Waals surface area contributed by atoms with Gasteiger partial charge in [0.25, 0.3) is 5.01 Å². The second-order valence-electron chi connectivity index (χ2n) is 9.33. The number of ether oxygens (including phenoxy) is 2. The number of thiazole rings is 1. The Morgan fingerprint density at radius 1 is 0.905 bits per heavy atom. The molecule has 1 aliphatic heterocycles. The summed E-state index contributed by atoms with van der Waals surface area (Å²) >= 11 is 2.76. The van der Waals surface area contributed by atoms with Crippen molar-refractivity contribution in [1.29, 1.82) is 0 Å². The molecule has 15 heteroatoms. The van der Waals surface area contributed by atoms with Crippen molar-refractivity contribution in [3.63, 3.8) is 0 Å². The van der Waals surface area contributed by atoms with Crippen molar-refractivity contribution in [1.82, 2.24) is 0 Å². The van der Waals surface area contributed by atoms with Gasteiger partial charge in [-0.05, 0) is 45.0 Å².